The molecule has 21 heavy (non-hydrogen) atoms. The highest BCUT2D eigenvalue weighted by Crippen LogP contribution is 2.27. The summed E-state index contributed by atoms with van der Waals surface area (Å²) in [5, 5.41) is 12.3. The maximum atomic E-state index is 12.2. The molecule has 0 amide bonds. The second-order valence-corrected chi connectivity index (χ2v) is 5.64. The monoisotopic (exact) mass is 315 g/mol. The molecule has 1 atom stereocenters. The Balaban J connectivity index is 2.13. The molecule has 1 aromatic carbocycles. The summed E-state index contributed by atoms with van der Waals surface area (Å²) in [7, 11) is 0. The molecule has 0 spiro atoms. The molecule has 1 aromatic heterocycles. The minimum absolute atomic E-state index is 0.116. The Morgan fingerprint density at radius 2 is 1.90 bits per heavy atom. The van der Waals surface area contributed by atoms with Gasteiger partial charge in [-0.05, 0) is 12.1 Å². The summed E-state index contributed by atoms with van der Waals surface area (Å²) in [5.74, 6) is 0. The Labute approximate surface area is 125 Å². The minimum Gasteiger partial charge on any atom is -0.304 e. The Kier molecular flexibility index (Phi) is 5.30. The van der Waals surface area contributed by atoms with Crippen molar-refractivity contribution >= 4 is 11.3 Å². The lowest BCUT2D eigenvalue weighted by atomic mass is 10.1. The number of rotatable bonds is 6. The quantitative estimate of drug-likeness (QED) is 0.882. The smallest absolute Gasteiger partial charge is 0.304 e. The first-order valence-corrected chi connectivity index (χ1v) is 7.48. The molecule has 2 aromatic rings. The maximum Gasteiger partial charge on any atom is 0.389 e. The van der Waals surface area contributed by atoms with Gasteiger partial charge in [0.25, 0.3) is 0 Å². The number of alkyl halides is 3. The van der Waals surface area contributed by atoms with Crippen LogP contribution in [0.3, 0.4) is 0 Å². The van der Waals surface area contributed by atoms with Gasteiger partial charge >= 0.3 is 6.18 Å². The molecule has 0 aliphatic carbocycles. The van der Waals surface area contributed by atoms with Crippen LogP contribution < -0.4 is 5.32 Å². The van der Waals surface area contributed by atoms with Crippen molar-refractivity contribution in [3.8, 4) is 0 Å². The molecule has 0 aliphatic heterocycles. The second-order valence-electron chi connectivity index (χ2n) is 4.55. The molecular formula is C14H16F3N3S. The number of benzene rings is 1. The van der Waals surface area contributed by atoms with E-state index in [-0.39, 0.29) is 12.5 Å². The van der Waals surface area contributed by atoms with Crippen LogP contribution in [0.15, 0.2) is 30.3 Å². The number of hydrogen-bond donors (Lipinski definition) is 1. The van der Waals surface area contributed by atoms with Crippen molar-refractivity contribution in [1.29, 1.82) is 0 Å². The molecule has 0 saturated carbocycles. The van der Waals surface area contributed by atoms with Gasteiger partial charge in [-0.2, -0.15) is 13.2 Å². The van der Waals surface area contributed by atoms with E-state index in [4.69, 9.17) is 0 Å². The predicted molar refractivity (Wildman–Crippen MR) is 76.2 cm³/mol. The van der Waals surface area contributed by atoms with Crippen molar-refractivity contribution < 1.29 is 13.2 Å². The average Bonchev–Trinajstić information content (AvgIpc) is 2.91. The summed E-state index contributed by atoms with van der Waals surface area (Å²) < 4.78 is 36.7. The third-order valence-electron chi connectivity index (χ3n) is 2.89. The molecule has 7 heteroatoms. The van der Waals surface area contributed by atoms with Crippen LogP contribution in [0.4, 0.5) is 13.2 Å². The Hall–Kier alpha value is -1.47. The van der Waals surface area contributed by atoms with Gasteiger partial charge in [-0.1, -0.05) is 48.6 Å². The predicted octanol–water partition coefficient (Wildman–Crippen LogP) is 3.73. The van der Waals surface area contributed by atoms with Crippen LogP contribution in [0.2, 0.25) is 0 Å². The summed E-state index contributed by atoms with van der Waals surface area (Å²) in [4.78, 5) is 0. The normalized spacial score (nSPS) is 13.3. The van der Waals surface area contributed by atoms with Gasteiger partial charge in [0, 0.05) is 12.8 Å². The van der Waals surface area contributed by atoms with Gasteiger partial charge in [0.05, 0.1) is 6.04 Å². The summed E-state index contributed by atoms with van der Waals surface area (Å²) in [6, 6.07) is 9.56. The van der Waals surface area contributed by atoms with E-state index in [1.54, 1.807) is 0 Å². The largest absolute Gasteiger partial charge is 0.389 e. The van der Waals surface area contributed by atoms with E-state index in [9.17, 15) is 13.2 Å². The van der Waals surface area contributed by atoms with Crippen molar-refractivity contribution in [3.63, 3.8) is 0 Å². The lowest BCUT2D eigenvalue weighted by Crippen LogP contribution is -2.21. The van der Waals surface area contributed by atoms with Gasteiger partial charge in [0.1, 0.15) is 10.0 Å². The summed E-state index contributed by atoms with van der Waals surface area (Å²) >= 11 is 1.23. The molecule has 1 unspecified atom stereocenters. The van der Waals surface area contributed by atoms with Crippen LogP contribution in [0.5, 0.6) is 0 Å². The third kappa shape index (κ3) is 4.78. The molecule has 114 valence electrons. The zero-order valence-corrected chi connectivity index (χ0v) is 12.3. The highest BCUT2D eigenvalue weighted by Gasteiger charge is 2.27. The Morgan fingerprint density at radius 3 is 2.52 bits per heavy atom. The van der Waals surface area contributed by atoms with E-state index in [1.807, 2.05) is 37.3 Å². The van der Waals surface area contributed by atoms with Gasteiger partial charge < -0.3 is 5.32 Å². The van der Waals surface area contributed by atoms with E-state index < -0.39 is 12.6 Å². The van der Waals surface area contributed by atoms with Gasteiger partial charge in [0.2, 0.25) is 0 Å². The van der Waals surface area contributed by atoms with Crippen molar-refractivity contribution in [2.45, 2.75) is 32.0 Å². The Morgan fingerprint density at radius 1 is 1.19 bits per heavy atom. The number of aromatic nitrogens is 2. The molecule has 1 heterocycles. The topological polar surface area (TPSA) is 37.8 Å². The number of aryl methyl sites for hydroxylation is 1. The SMILES string of the molecule is CCNC(c1ccccc1)c1nnc(CCC(F)(F)F)s1. The molecule has 0 fully saturated rings. The fraction of sp³-hybridized carbons (Fsp3) is 0.429. The van der Waals surface area contributed by atoms with Crippen molar-refractivity contribution in [3.05, 3.63) is 45.9 Å². The number of nitrogens with zero attached hydrogens (tertiary/aromatic N) is 2. The van der Waals surface area contributed by atoms with Crippen molar-refractivity contribution in [1.82, 2.24) is 15.5 Å². The van der Waals surface area contributed by atoms with Crippen molar-refractivity contribution in [2.75, 3.05) is 6.54 Å². The lowest BCUT2D eigenvalue weighted by Gasteiger charge is -2.14. The summed E-state index contributed by atoms with van der Waals surface area (Å²) in [6.07, 6.45) is -5.14. The third-order valence-corrected chi connectivity index (χ3v) is 3.94. The minimum atomic E-state index is -4.16. The highest BCUT2D eigenvalue weighted by molar-refractivity contribution is 7.11. The first kappa shape index (κ1) is 15.9. The first-order valence-electron chi connectivity index (χ1n) is 6.67. The van der Waals surface area contributed by atoms with Crippen LogP contribution in [-0.2, 0) is 6.42 Å². The van der Waals surface area contributed by atoms with Gasteiger partial charge in [-0.3, -0.25) is 0 Å². The molecule has 0 saturated heterocycles. The zero-order chi connectivity index (χ0) is 15.3. The summed E-state index contributed by atoms with van der Waals surface area (Å²) in [5.41, 5.74) is 1.03. The molecule has 3 nitrogen and oxygen atoms in total. The standard InChI is InChI=1S/C14H16F3N3S/c1-2-18-12(10-6-4-3-5-7-10)13-20-19-11(21-13)8-9-14(15,16)17/h3-7,12,18H,2,8-9H2,1H3. The van der Waals surface area contributed by atoms with E-state index >= 15 is 0 Å². The van der Waals surface area contributed by atoms with Crippen LogP contribution in [-0.4, -0.2) is 22.9 Å². The van der Waals surface area contributed by atoms with E-state index in [2.05, 4.69) is 15.5 Å². The van der Waals surface area contributed by atoms with Gasteiger partial charge in [-0.15, -0.1) is 10.2 Å². The fourth-order valence-corrected chi connectivity index (χ4v) is 2.88. The van der Waals surface area contributed by atoms with Crippen LogP contribution in [0.25, 0.3) is 0 Å². The van der Waals surface area contributed by atoms with E-state index in [0.717, 1.165) is 12.1 Å². The van der Waals surface area contributed by atoms with Gasteiger partial charge in [0.15, 0.2) is 0 Å². The second kappa shape index (κ2) is 7.00. The van der Waals surface area contributed by atoms with Crippen molar-refractivity contribution in [2.24, 2.45) is 0 Å². The number of nitrogens with one attached hydrogen (secondary N) is 1. The molecule has 0 bridgehead atoms. The van der Waals surface area contributed by atoms with Gasteiger partial charge in [-0.25, -0.2) is 0 Å². The number of hydrogen-bond acceptors (Lipinski definition) is 4. The molecule has 0 radical (unpaired) electrons. The van der Waals surface area contributed by atoms with E-state index in [1.165, 1.54) is 11.3 Å². The first-order chi connectivity index (χ1) is 9.99. The lowest BCUT2D eigenvalue weighted by molar-refractivity contribution is -0.134. The van der Waals surface area contributed by atoms with Crippen LogP contribution in [0, 0.1) is 0 Å². The molecule has 0 aliphatic rings. The zero-order valence-electron chi connectivity index (χ0n) is 11.5. The van der Waals surface area contributed by atoms with Crippen LogP contribution in [0.1, 0.15) is 35.0 Å². The Bertz CT molecular complexity index is 554. The van der Waals surface area contributed by atoms with E-state index in [0.29, 0.717) is 10.0 Å². The fourth-order valence-electron chi connectivity index (χ4n) is 1.93. The molecular weight excluding hydrogens is 299 g/mol. The summed E-state index contributed by atoms with van der Waals surface area (Å²) in [6.45, 7) is 2.71. The molecule has 1 N–H and O–H groups in total. The highest BCUT2D eigenvalue weighted by atomic mass is 32.1. The number of halogens is 3. The average molecular weight is 315 g/mol. The van der Waals surface area contributed by atoms with Crippen LogP contribution >= 0.6 is 11.3 Å². The maximum absolute atomic E-state index is 12.2. The molecule has 2 rings (SSSR count).